The molecular formula is C13H13N3O7. The third kappa shape index (κ3) is 3.59. The standard InChI is InChI=1S/C13H13N3O7/c1-7(17)23-16-12(21)6-8(13(16)22)14-9(18)4-5-15-10(19)2-3-11(15)20/h2-3,8H,4-6H2,1H3,(H,14,18). The van der Waals surface area contributed by atoms with Crippen molar-refractivity contribution in [3.63, 3.8) is 0 Å². The van der Waals surface area contributed by atoms with Crippen LogP contribution in [0.3, 0.4) is 0 Å². The zero-order chi connectivity index (χ0) is 17.1. The van der Waals surface area contributed by atoms with E-state index in [2.05, 4.69) is 10.2 Å². The first-order valence-electron chi connectivity index (χ1n) is 6.68. The minimum Gasteiger partial charge on any atom is -0.344 e. The van der Waals surface area contributed by atoms with E-state index in [9.17, 15) is 28.8 Å². The third-order valence-corrected chi connectivity index (χ3v) is 3.12. The fourth-order valence-corrected chi connectivity index (χ4v) is 2.08. The number of carbonyl (C=O) groups excluding carboxylic acids is 6. The molecule has 1 fully saturated rings. The molecule has 2 aliphatic heterocycles. The molecule has 0 bridgehead atoms. The van der Waals surface area contributed by atoms with Crippen molar-refractivity contribution in [3.05, 3.63) is 12.2 Å². The first kappa shape index (κ1) is 16.3. The Morgan fingerprint density at radius 3 is 2.39 bits per heavy atom. The molecule has 0 aromatic rings. The lowest BCUT2D eigenvalue weighted by Gasteiger charge is -2.15. The summed E-state index contributed by atoms with van der Waals surface area (Å²) in [5, 5.41) is 2.61. The number of imide groups is 2. The summed E-state index contributed by atoms with van der Waals surface area (Å²) in [5.41, 5.74) is 0. The molecule has 1 unspecified atom stereocenters. The van der Waals surface area contributed by atoms with Gasteiger partial charge < -0.3 is 10.2 Å². The molecular weight excluding hydrogens is 310 g/mol. The first-order valence-corrected chi connectivity index (χ1v) is 6.68. The van der Waals surface area contributed by atoms with E-state index in [1.54, 1.807) is 0 Å². The minimum atomic E-state index is -1.14. The molecule has 1 saturated heterocycles. The van der Waals surface area contributed by atoms with E-state index in [1.165, 1.54) is 0 Å². The monoisotopic (exact) mass is 323 g/mol. The van der Waals surface area contributed by atoms with E-state index in [1.807, 2.05) is 0 Å². The van der Waals surface area contributed by atoms with Crippen molar-refractivity contribution < 1.29 is 33.6 Å². The summed E-state index contributed by atoms with van der Waals surface area (Å²) in [6.45, 7) is 0.892. The lowest BCUT2D eigenvalue weighted by Crippen LogP contribution is -2.43. The van der Waals surface area contributed by atoms with Gasteiger partial charge in [0.05, 0.1) is 6.42 Å². The Kier molecular flexibility index (Phi) is 4.53. The molecule has 2 aliphatic rings. The van der Waals surface area contributed by atoms with E-state index in [0.717, 1.165) is 24.0 Å². The van der Waals surface area contributed by atoms with Crippen LogP contribution >= 0.6 is 0 Å². The van der Waals surface area contributed by atoms with Crippen molar-refractivity contribution in [2.45, 2.75) is 25.8 Å². The van der Waals surface area contributed by atoms with Crippen LogP contribution in [-0.2, 0) is 33.6 Å². The number of hydrogen-bond acceptors (Lipinski definition) is 7. The summed E-state index contributed by atoms with van der Waals surface area (Å²) >= 11 is 0. The van der Waals surface area contributed by atoms with Gasteiger partial charge in [0.15, 0.2) is 0 Å². The SMILES string of the molecule is CC(=O)ON1C(=O)CC(NC(=O)CCN2C(=O)C=CC2=O)C1=O. The highest BCUT2D eigenvalue weighted by molar-refractivity contribution is 6.13. The molecule has 0 aliphatic carbocycles. The molecule has 2 heterocycles. The smallest absolute Gasteiger partial charge is 0.330 e. The van der Waals surface area contributed by atoms with Gasteiger partial charge in [0, 0.05) is 32.0 Å². The van der Waals surface area contributed by atoms with Gasteiger partial charge in [-0.2, -0.15) is 0 Å². The van der Waals surface area contributed by atoms with Crippen LogP contribution in [0.2, 0.25) is 0 Å². The number of nitrogens with one attached hydrogen (secondary N) is 1. The molecule has 122 valence electrons. The number of rotatable bonds is 5. The topological polar surface area (TPSA) is 130 Å². The minimum absolute atomic E-state index is 0.140. The maximum Gasteiger partial charge on any atom is 0.330 e. The molecule has 0 saturated carbocycles. The Hall–Kier alpha value is -3.04. The predicted octanol–water partition coefficient (Wildman–Crippen LogP) is -1.98. The Labute approximate surface area is 130 Å². The van der Waals surface area contributed by atoms with Crippen LogP contribution in [0.4, 0.5) is 0 Å². The summed E-state index contributed by atoms with van der Waals surface area (Å²) in [5.74, 6) is -4.09. The predicted molar refractivity (Wildman–Crippen MR) is 70.6 cm³/mol. The number of hydrogen-bond donors (Lipinski definition) is 1. The molecule has 0 spiro atoms. The van der Waals surface area contributed by atoms with Crippen molar-refractivity contribution >= 4 is 35.5 Å². The van der Waals surface area contributed by atoms with E-state index in [4.69, 9.17) is 0 Å². The molecule has 2 rings (SSSR count). The average Bonchev–Trinajstić information content (AvgIpc) is 2.91. The molecule has 0 radical (unpaired) electrons. The Morgan fingerprint density at radius 2 is 1.83 bits per heavy atom. The van der Waals surface area contributed by atoms with Gasteiger partial charge in [-0.25, -0.2) is 4.79 Å². The van der Waals surface area contributed by atoms with Gasteiger partial charge >= 0.3 is 5.97 Å². The molecule has 10 nitrogen and oxygen atoms in total. The summed E-state index contributed by atoms with van der Waals surface area (Å²) < 4.78 is 0. The molecule has 10 heteroatoms. The van der Waals surface area contributed by atoms with Crippen LogP contribution in [0.5, 0.6) is 0 Å². The Bertz CT molecular complexity index is 621. The highest BCUT2D eigenvalue weighted by Gasteiger charge is 2.42. The normalized spacial score (nSPS) is 20.5. The van der Waals surface area contributed by atoms with E-state index < -0.39 is 41.5 Å². The fraction of sp³-hybridized carbons (Fsp3) is 0.385. The summed E-state index contributed by atoms with van der Waals surface area (Å²) in [6, 6.07) is -1.14. The van der Waals surface area contributed by atoms with E-state index >= 15 is 0 Å². The number of carbonyl (C=O) groups is 6. The van der Waals surface area contributed by atoms with Crippen LogP contribution < -0.4 is 5.32 Å². The summed E-state index contributed by atoms with van der Waals surface area (Å²) in [7, 11) is 0. The molecule has 0 aromatic carbocycles. The largest absolute Gasteiger partial charge is 0.344 e. The lowest BCUT2D eigenvalue weighted by molar-refractivity contribution is -0.196. The van der Waals surface area contributed by atoms with Gasteiger partial charge in [-0.3, -0.25) is 28.9 Å². The number of nitrogens with zero attached hydrogens (tertiary/aromatic N) is 2. The quantitative estimate of drug-likeness (QED) is 0.580. The fourth-order valence-electron chi connectivity index (χ4n) is 2.08. The average molecular weight is 323 g/mol. The van der Waals surface area contributed by atoms with Crippen molar-refractivity contribution in [3.8, 4) is 0 Å². The number of hydroxylamine groups is 2. The molecule has 1 atom stereocenters. The maximum absolute atomic E-state index is 11.8. The van der Waals surface area contributed by atoms with Crippen LogP contribution in [0, 0.1) is 0 Å². The van der Waals surface area contributed by atoms with Crippen molar-refractivity contribution in [2.24, 2.45) is 0 Å². The number of amides is 5. The molecule has 23 heavy (non-hydrogen) atoms. The van der Waals surface area contributed by atoms with Crippen molar-refractivity contribution in [1.29, 1.82) is 0 Å². The zero-order valence-electron chi connectivity index (χ0n) is 12.1. The van der Waals surface area contributed by atoms with Gasteiger partial charge in [-0.05, 0) is 0 Å². The Balaban J connectivity index is 1.85. The first-order chi connectivity index (χ1) is 10.8. The van der Waals surface area contributed by atoms with Gasteiger partial charge in [0.1, 0.15) is 6.04 Å². The molecule has 5 amide bonds. The second kappa shape index (κ2) is 6.38. The highest BCUT2D eigenvalue weighted by atomic mass is 16.7. The third-order valence-electron chi connectivity index (χ3n) is 3.12. The molecule has 0 aromatic heterocycles. The summed E-state index contributed by atoms with van der Waals surface area (Å²) in [6.07, 6.45) is 1.64. The Morgan fingerprint density at radius 1 is 1.22 bits per heavy atom. The zero-order valence-corrected chi connectivity index (χ0v) is 12.1. The second-order valence-corrected chi connectivity index (χ2v) is 4.84. The second-order valence-electron chi connectivity index (χ2n) is 4.84. The van der Waals surface area contributed by atoms with Crippen LogP contribution in [0.1, 0.15) is 19.8 Å². The van der Waals surface area contributed by atoms with Crippen LogP contribution in [0.15, 0.2) is 12.2 Å². The van der Waals surface area contributed by atoms with Crippen molar-refractivity contribution in [1.82, 2.24) is 15.3 Å². The lowest BCUT2D eigenvalue weighted by atomic mass is 10.2. The van der Waals surface area contributed by atoms with Gasteiger partial charge in [-0.15, -0.1) is 5.06 Å². The van der Waals surface area contributed by atoms with Crippen LogP contribution in [0.25, 0.3) is 0 Å². The van der Waals surface area contributed by atoms with E-state index in [0.29, 0.717) is 5.06 Å². The maximum atomic E-state index is 11.8. The van der Waals surface area contributed by atoms with Gasteiger partial charge in [-0.1, -0.05) is 0 Å². The van der Waals surface area contributed by atoms with E-state index in [-0.39, 0.29) is 19.4 Å². The van der Waals surface area contributed by atoms with Crippen molar-refractivity contribution in [2.75, 3.05) is 6.54 Å². The highest BCUT2D eigenvalue weighted by Crippen LogP contribution is 2.14. The van der Waals surface area contributed by atoms with Gasteiger partial charge in [0.2, 0.25) is 5.91 Å². The van der Waals surface area contributed by atoms with Crippen LogP contribution in [-0.4, -0.2) is 58.1 Å². The molecule has 1 N–H and O–H groups in total. The van der Waals surface area contributed by atoms with Gasteiger partial charge in [0.25, 0.3) is 23.6 Å². The summed E-state index contributed by atoms with van der Waals surface area (Å²) in [4.78, 5) is 73.9.